The van der Waals surface area contributed by atoms with E-state index in [2.05, 4.69) is 33.5 Å². The van der Waals surface area contributed by atoms with Crippen molar-refractivity contribution in [3.05, 3.63) is 0 Å². The van der Waals surface area contributed by atoms with Crippen molar-refractivity contribution in [2.75, 3.05) is 0 Å². The van der Waals surface area contributed by atoms with Crippen LogP contribution in [0.25, 0.3) is 0 Å². The lowest BCUT2D eigenvalue weighted by Gasteiger charge is -2.24. The summed E-state index contributed by atoms with van der Waals surface area (Å²) in [5.74, 6) is 0. The van der Waals surface area contributed by atoms with Crippen LogP contribution < -0.4 is 0 Å². The van der Waals surface area contributed by atoms with Gasteiger partial charge in [-0.25, -0.2) is 0 Å². The molecule has 0 N–H and O–H groups in total. The summed E-state index contributed by atoms with van der Waals surface area (Å²) in [5, 5.41) is 0. The van der Waals surface area contributed by atoms with Crippen molar-refractivity contribution < 1.29 is 0 Å². The minimum atomic E-state index is -0.710. The molecule has 17 heavy (non-hydrogen) atoms. The monoisotopic (exact) mass is 272 g/mol. The largest absolute Gasteiger partial charge is 0.0720 e. The van der Waals surface area contributed by atoms with Crippen LogP contribution in [0.4, 0.5) is 0 Å². The van der Waals surface area contributed by atoms with Crippen LogP contribution in [0.2, 0.25) is 25.2 Å². The first-order valence-electron chi connectivity index (χ1n) is 7.99. The van der Waals surface area contributed by atoms with Gasteiger partial charge in [0.05, 0.1) is 0 Å². The minimum absolute atomic E-state index is 0.240. The van der Waals surface area contributed by atoms with Crippen LogP contribution >= 0.6 is 0 Å². The molecule has 104 valence electrons. The van der Waals surface area contributed by atoms with E-state index in [-0.39, 0.29) is 9.04 Å². The number of unbranched alkanes of at least 4 members (excludes halogenated alkanes) is 5. The van der Waals surface area contributed by atoms with E-state index in [1.165, 1.54) is 50.5 Å². The zero-order valence-corrected chi connectivity index (χ0v) is 15.6. The Labute approximate surface area is 114 Å². The average molecular weight is 273 g/mol. The Morgan fingerprint density at radius 1 is 0.765 bits per heavy atom. The van der Waals surface area contributed by atoms with Crippen LogP contribution in [0.15, 0.2) is 0 Å². The number of hydrogen-bond acceptors (Lipinski definition) is 0. The van der Waals surface area contributed by atoms with Gasteiger partial charge in [-0.15, -0.1) is 0 Å². The summed E-state index contributed by atoms with van der Waals surface area (Å²) < 4.78 is 0. The topological polar surface area (TPSA) is 0 Å². The first kappa shape index (κ1) is 17.4. The van der Waals surface area contributed by atoms with Crippen molar-refractivity contribution in [1.29, 1.82) is 0 Å². The maximum atomic E-state index is 2.60. The Bertz CT molecular complexity index is 161. The van der Waals surface area contributed by atoms with Gasteiger partial charge >= 0.3 is 0 Å². The van der Waals surface area contributed by atoms with Gasteiger partial charge in [0.15, 0.2) is 0 Å². The predicted octanol–water partition coefficient (Wildman–Crippen LogP) is 5.33. The van der Waals surface area contributed by atoms with Gasteiger partial charge in [-0.2, -0.15) is 0 Å². The van der Waals surface area contributed by atoms with Gasteiger partial charge in [-0.3, -0.25) is 0 Å². The smallest absolute Gasteiger partial charge is 0.0313 e. The third-order valence-corrected chi connectivity index (χ3v) is 11.6. The number of rotatable bonds is 11. The Hall–Kier alpha value is 0.434. The lowest BCUT2D eigenvalue weighted by atomic mass is 10.1. The summed E-state index contributed by atoms with van der Waals surface area (Å²) in [4.78, 5) is 0. The lowest BCUT2D eigenvalue weighted by molar-refractivity contribution is 0.560. The normalized spacial score (nSPS) is 14.6. The molecule has 0 saturated carbocycles. The second-order valence-corrected chi connectivity index (χ2v) is 21.2. The molecule has 0 aliphatic heterocycles. The quantitative estimate of drug-likeness (QED) is 0.352. The Morgan fingerprint density at radius 3 is 1.71 bits per heavy atom. The second kappa shape index (κ2) is 10.4. The van der Waals surface area contributed by atoms with Crippen molar-refractivity contribution >= 4 is 16.6 Å². The minimum Gasteiger partial charge on any atom is -0.0720 e. The van der Waals surface area contributed by atoms with Gasteiger partial charge in [0.1, 0.15) is 0 Å². The van der Waals surface area contributed by atoms with Crippen molar-refractivity contribution in [3.63, 3.8) is 0 Å². The highest BCUT2D eigenvalue weighted by Gasteiger charge is 2.20. The van der Waals surface area contributed by atoms with E-state index in [1.807, 2.05) is 0 Å². The summed E-state index contributed by atoms with van der Waals surface area (Å²) in [6, 6.07) is 0. The zero-order chi connectivity index (χ0) is 13.1. The Morgan fingerprint density at radius 2 is 1.24 bits per heavy atom. The van der Waals surface area contributed by atoms with Gasteiger partial charge < -0.3 is 0 Å². The van der Waals surface area contributed by atoms with Gasteiger partial charge in [0, 0.05) is 16.6 Å². The van der Waals surface area contributed by atoms with Crippen LogP contribution in [0, 0.1) is 0 Å². The third kappa shape index (κ3) is 12.7. The van der Waals surface area contributed by atoms with E-state index in [9.17, 15) is 0 Å². The molecule has 0 saturated heterocycles. The molecule has 0 aliphatic carbocycles. The highest BCUT2D eigenvalue weighted by Crippen LogP contribution is 2.25. The third-order valence-electron chi connectivity index (χ3n) is 3.58. The molecule has 0 aromatic carbocycles. The molecule has 0 fully saturated rings. The molecule has 0 rings (SSSR count). The molecule has 1 unspecified atom stereocenters. The van der Waals surface area contributed by atoms with Crippen molar-refractivity contribution in [3.8, 4) is 0 Å². The number of hydrogen-bond donors (Lipinski definition) is 0. The molecule has 0 amide bonds. The molecule has 0 nitrogen and oxygen atoms in total. The molecule has 0 aromatic heterocycles. The highest BCUT2D eigenvalue weighted by atomic mass is 29.2. The van der Waals surface area contributed by atoms with Crippen molar-refractivity contribution in [1.82, 2.24) is 0 Å². The average Bonchev–Trinajstić information content (AvgIpc) is 2.22. The fourth-order valence-corrected chi connectivity index (χ4v) is 11.9. The maximum Gasteiger partial charge on any atom is 0.0313 e. The van der Waals surface area contributed by atoms with Gasteiger partial charge in [0.25, 0.3) is 0 Å². The van der Waals surface area contributed by atoms with Crippen LogP contribution in [-0.2, 0) is 0 Å². The highest BCUT2D eigenvalue weighted by molar-refractivity contribution is 7.23. The van der Waals surface area contributed by atoms with E-state index < -0.39 is 7.59 Å². The van der Waals surface area contributed by atoms with Crippen LogP contribution in [-0.4, -0.2) is 16.6 Å². The predicted molar refractivity (Wildman–Crippen MR) is 88.5 cm³/mol. The van der Waals surface area contributed by atoms with Crippen LogP contribution in [0.3, 0.4) is 0 Å². The molecule has 0 radical (unpaired) electrons. The molecular weight excluding hydrogens is 236 g/mol. The van der Waals surface area contributed by atoms with Crippen LogP contribution in [0.1, 0.15) is 71.6 Å². The van der Waals surface area contributed by atoms with E-state index >= 15 is 0 Å². The van der Waals surface area contributed by atoms with Gasteiger partial charge in [-0.05, 0) is 0 Å². The molecule has 0 heterocycles. The summed E-state index contributed by atoms with van der Waals surface area (Å²) in [5.41, 5.74) is 1.19. The summed E-state index contributed by atoms with van der Waals surface area (Å²) in [6.07, 6.45) is 13.3. The second-order valence-electron chi connectivity index (χ2n) is 6.98. The first-order valence-corrected chi connectivity index (χ1v) is 14.6. The van der Waals surface area contributed by atoms with Crippen molar-refractivity contribution in [2.24, 2.45) is 0 Å². The SMILES string of the molecule is CCCCCCC(CCCCC)[SiH2][Si](C)(C)C. The van der Waals surface area contributed by atoms with E-state index in [0.29, 0.717) is 0 Å². The van der Waals surface area contributed by atoms with E-state index in [4.69, 9.17) is 0 Å². The summed E-state index contributed by atoms with van der Waals surface area (Å²) in [6.45, 7) is 12.4. The van der Waals surface area contributed by atoms with Crippen LogP contribution in [0.5, 0.6) is 0 Å². The van der Waals surface area contributed by atoms with E-state index in [1.54, 1.807) is 12.8 Å². The fraction of sp³-hybridized carbons (Fsp3) is 1.00. The standard InChI is InChI=1S/C15H36Si2/c1-6-8-10-12-14-15(13-11-9-7-2)16-17(3,4)5/h15H,6-14,16H2,1-5H3. The Kier molecular flexibility index (Phi) is 10.6. The van der Waals surface area contributed by atoms with Gasteiger partial charge in [0.2, 0.25) is 0 Å². The molecule has 1 atom stereocenters. The van der Waals surface area contributed by atoms with E-state index in [0.717, 1.165) is 0 Å². The first-order chi connectivity index (χ1) is 7.99. The summed E-state index contributed by atoms with van der Waals surface area (Å²) >= 11 is 0. The van der Waals surface area contributed by atoms with Gasteiger partial charge in [-0.1, -0.05) is 96.8 Å². The van der Waals surface area contributed by atoms with Crippen molar-refractivity contribution in [2.45, 2.75) is 96.8 Å². The molecule has 0 spiro atoms. The zero-order valence-electron chi connectivity index (χ0n) is 13.1. The fourth-order valence-electron chi connectivity index (χ4n) is 2.76. The molecule has 0 aliphatic rings. The molecule has 0 bridgehead atoms. The molecule has 2 heteroatoms. The lowest BCUT2D eigenvalue weighted by Crippen LogP contribution is -2.33. The maximum absolute atomic E-state index is 2.60. The Balaban J connectivity index is 3.84. The molecular formula is C15H36Si2. The summed E-state index contributed by atoms with van der Waals surface area (Å²) in [7, 11) is -0.470. The molecule has 0 aromatic rings.